The van der Waals surface area contributed by atoms with Gasteiger partial charge in [-0.1, -0.05) is 23.8 Å². The largest absolute Gasteiger partial charge is 0.326 e. The fourth-order valence-electron chi connectivity index (χ4n) is 2.54. The summed E-state index contributed by atoms with van der Waals surface area (Å²) in [7, 11) is 0. The standard InChI is InChI=1S/C18H18N2OS/c1-11-4-5-14(12(2)8-11)9-18(21)20-15-6-7-16-17(10-15)22-13(3)19-16/h4-8,10H,9H2,1-3H3,(H,20,21). The van der Waals surface area contributed by atoms with Crippen molar-refractivity contribution in [3.05, 3.63) is 58.1 Å². The zero-order chi connectivity index (χ0) is 15.7. The molecule has 3 aromatic rings. The molecule has 3 nitrogen and oxygen atoms in total. The molecule has 2 aromatic carbocycles. The highest BCUT2D eigenvalue weighted by molar-refractivity contribution is 7.18. The van der Waals surface area contributed by atoms with Gasteiger partial charge >= 0.3 is 0 Å². The van der Waals surface area contributed by atoms with Gasteiger partial charge in [0.15, 0.2) is 0 Å². The van der Waals surface area contributed by atoms with Gasteiger partial charge in [0.2, 0.25) is 5.91 Å². The number of aromatic nitrogens is 1. The Kier molecular flexibility index (Phi) is 3.94. The van der Waals surface area contributed by atoms with Crippen LogP contribution in [0.15, 0.2) is 36.4 Å². The minimum Gasteiger partial charge on any atom is -0.326 e. The summed E-state index contributed by atoms with van der Waals surface area (Å²) < 4.78 is 1.10. The molecule has 0 unspecified atom stereocenters. The molecule has 0 aliphatic rings. The van der Waals surface area contributed by atoms with E-state index in [0.717, 1.165) is 32.0 Å². The minimum absolute atomic E-state index is 0.00698. The summed E-state index contributed by atoms with van der Waals surface area (Å²) in [5, 5.41) is 4.01. The highest BCUT2D eigenvalue weighted by Gasteiger charge is 2.08. The Labute approximate surface area is 134 Å². The number of thiazole rings is 1. The number of anilines is 1. The van der Waals surface area contributed by atoms with E-state index in [-0.39, 0.29) is 5.91 Å². The first-order valence-electron chi connectivity index (χ1n) is 7.24. The lowest BCUT2D eigenvalue weighted by atomic mass is 10.0. The molecule has 1 aromatic heterocycles. The molecule has 0 bridgehead atoms. The van der Waals surface area contributed by atoms with Crippen LogP contribution in [0.5, 0.6) is 0 Å². The summed E-state index contributed by atoms with van der Waals surface area (Å²) in [6.45, 7) is 6.09. The Morgan fingerprint density at radius 1 is 1.14 bits per heavy atom. The summed E-state index contributed by atoms with van der Waals surface area (Å²) in [5.74, 6) is 0.00698. The zero-order valence-electron chi connectivity index (χ0n) is 12.9. The third-order valence-electron chi connectivity index (χ3n) is 3.63. The molecule has 0 fully saturated rings. The fraction of sp³-hybridized carbons (Fsp3) is 0.222. The van der Waals surface area contributed by atoms with Crippen LogP contribution in [0.1, 0.15) is 21.7 Å². The van der Waals surface area contributed by atoms with E-state index in [2.05, 4.69) is 23.3 Å². The van der Waals surface area contributed by atoms with Crippen LogP contribution in [0.4, 0.5) is 5.69 Å². The summed E-state index contributed by atoms with van der Waals surface area (Å²) in [4.78, 5) is 16.7. The summed E-state index contributed by atoms with van der Waals surface area (Å²) in [6, 6.07) is 12.0. The number of hydrogen-bond donors (Lipinski definition) is 1. The summed E-state index contributed by atoms with van der Waals surface area (Å²) in [6.07, 6.45) is 0.395. The number of fused-ring (bicyclic) bond motifs is 1. The van der Waals surface area contributed by atoms with Gasteiger partial charge in [0, 0.05) is 5.69 Å². The van der Waals surface area contributed by atoms with Crippen molar-refractivity contribution in [2.24, 2.45) is 0 Å². The molecule has 3 rings (SSSR count). The topological polar surface area (TPSA) is 42.0 Å². The molecule has 4 heteroatoms. The third-order valence-corrected chi connectivity index (χ3v) is 4.56. The number of amides is 1. The highest BCUT2D eigenvalue weighted by Crippen LogP contribution is 2.25. The van der Waals surface area contributed by atoms with E-state index in [1.807, 2.05) is 44.2 Å². The highest BCUT2D eigenvalue weighted by atomic mass is 32.1. The average Bonchev–Trinajstić information content (AvgIpc) is 2.81. The lowest BCUT2D eigenvalue weighted by Crippen LogP contribution is -2.15. The number of benzene rings is 2. The quantitative estimate of drug-likeness (QED) is 0.779. The van der Waals surface area contributed by atoms with Crippen molar-refractivity contribution in [2.45, 2.75) is 27.2 Å². The van der Waals surface area contributed by atoms with Gasteiger partial charge in [-0.25, -0.2) is 4.98 Å². The smallest absolute Gasteiger partial charge is 0.228 e. The van der Waals surface area contributed by atoms with Crippen molar-refractivity contribution in [3.63, 3.8) is 0 Å². The molecular weight excluding hydrogens is 292 g/mol. The van der Waals surface area contributed by atoms with Gasteiger partial charge in [0.25, 0.3) is 0 Å². The Morgan fingerprint density at radius 2 is 1.95 bits per heavy atom. The number of carbonyl (C=O) groups excluding carboxylic acids is 1. The first kappa shape index (κ1) is 14.7. The van der Waals surface area contributed by atoms with Crippen LogP contribution in [0, 0.1) is 20.8 Å². The van der Waals surface area contributed by atoms with Gasteiger partial charge < -0.3 is 5.32 Å². The Morgan fingerprint density at radius 3 is 2.73 bits per heavy atom. The fourth-order valence-corrected chi connectivity index (χ4v) is 3.41. The third kappa shape index (κ3) is 3.17. The maximum Gasteiger partial charge on any atom is 0.228 e. The molecule has 1 heterocycles. The van der Waals surface area contributed by atoms with Gasteiger partial charge in [-0.05, 0) is 50.1 Å². The summed E-state index contributed by atoms with van der Waals surface area (Å²) >= 11 is 1.64. The second kappa shape index (κ2) is 5.89. The maximum atomic E-state index is 12.2. The molecule has 0 atom stereocenters. The van der Waals surface area contributed by atoms with Crippen molar-refractivity contribution in [1.82, 2.24) is 4.98 Å². The van der Waals surface area contributed by atoms with E-state index in [9.17, 15) is 4.79 Å². The van der Waals surface area contributed by atoms with Gasteiger partial charge in [-0.2, -0.15) is 0 Å². The van der Waals surface area contributed by atoms with E-state index >= 15 is 0 Å². The van der Waals surface area contributed by atoms with Gasteiger partial charge in [-0.15, -0.1) is 11.3 Å². The van der Waals surface area contributed by atoms with Gasteiger partial charge in [0.05, 0.1) is 21.6 Å². The minimum atomic E-state index is 0.00698. The Bertz CT molecular complexity index is 851. The predicted octanol–water partition coefficient (Wildman–Crippen LogP) is 4.40. The molecule has 22 heavy (non-hydrogen) atoms. The number of aryl methyl sites for hydroxylation is 3. The van der Waals surface area contributed by atoms with Gasteiger partial charge in [0.1, 0.15) is 0 Å². The molecular formula is C18H18N2OS. The molecule has 0 spiro atoms. The van der Waals surface area contributed by atoms with Crippen LogP contribution in [0.3, 0.4) is 0 Å². The van der Waals surface area contributed by atoms with Gasteiger partial charge in [-0.3, -0.25) is 4.79 Å². The van der Waals surface area contributed by atoms with E-state index < -0.39 is 0 Å². The van der Waals surface area contributed by atoms with Crippen LogP contribution in [0.2, 0.25) is 0 Å². The van der Waals surface area contributed by atoms with E-state index in [0.29, 0.717) is 6.42 Å². The van der Waals surface area contributed by atoms with Crippen molar-refractivity contribution < 1.29 is 4.79 Å². The molecule has 0 aliphatic carbocycles. The van der Waals surface area contributed by atoms with Crippen LogP contribution < -0.4 is 5.32 Å². The summed E-state index contributed by atoms with van der Waals surface area (Å²) in [5.41, 5.74) is 5.25. The lowest BCUT2D eigenvalue weighted by molar-refractivity contribution is -0.115. The number of hydrogen-bond acceptors (Lipinski definition) is 3. The Hall–Kier alpha value is -2.20. The van der Waals surface area contributed by atoms with Crippen molar-refractivity contribution >= 4 is 33.1 Å². The van der Waals surface area contributed by atoms with Crippen molar-refractivity contribution in [2.75, 3.05) is 5.32 Å². The van der Waals surface area contributed by atoms with Crippen LogP contribution in [0.25, 0.3) is 10.2 Å². The molecule has 1 amide bonds. The average molecular weight is 310 g/mol. The van der Waals surface area contributed by atoms with E-state index in [1.165, 1.54) is 5.56 Å². The van der Waals surface area contributed by atoms with Crippen LogP contribution in [-0.4, -0.2) is 10.9 Å². The Balaban J connectivity index is 1.74. The second-order valence-corrected chi connectivity index (χ2v) is 6.81. The molecule has 1 N–H and O–H groups in total. The van der Waals surface area contributed by atoms with E-state index in [4.69, 9.17) is 0 Å². The van der Waals surface area contributed by atoms with Crippen molar-refractivity contribution in [1.29, 1.82) is 0 Å². The molecule has 0 saturated carbocycles. The van der Waals surface area contributed by atoms with Crippen LogP contribution in [-0.2, 0) is 11.2 Å². The lowest BCUT2D eigenvalue weighted by Gasteiger charge is -2.08. The molecule has 0 radical (unpaired) electrons. The zero-order valence-corrected chi connectivity index (χ0v) is 13.8. The first-order valence-corrected chi connectivity index (χ1v) is 8.06. The monoisotopic (exact) mass is 310 g/mol. The predicted molar refractivity (Wildman–Crippen MR) is 92.6 cm³/mol. The number of carbonyl (C=O) groups is 1. The molecule has 0 aliphatic heterocycles. The first-order chi connectivity index (χ1) is 10.5. The number of nitrogens with one attached hydrogen (secondary N) is 1. The second-order valence-electron chi connectivity index (χ2n) is 5.57. The maximum absolute atomic E-state index is 12.2. The van der Waals surface area contributed by atoms with Crippen LogP contribution >= 0.6 is 11.3 Å². The number of nitrogens with zero attached hydrogens (tertiary/aromatic N) is 1. The van der Waals surface area contributed by atoms with Crippen molar-refractivity contribution in [3.8, 4) is 0 Å². The molecule has 0 saturated heterocycles. The normalized spacial score (nSPS) is 10.9. The van der Waals surface area contributed by atoms with E-state index in [1.54, 1.807) is 11.3 Å². The number of rotatable bonds is 3. The molecule has 112 valence electrons. The SMILES string of the molecule is Cc1ccc(CC(=O)Nc2ccc3nc(C)sc3c2)c(C)c1.